The molecule has 0 fully saturated rings. The van der Waals surface area contributed by atoms with Gasteiger partial charge in [0.2, 0.25) is 0 Å². The van der Waals surface area contributed by atoms with Gasteiger partial charge in [0, 0.05) is 10.9 Å². The fourth-order valence-electron chi connectivity index (χ4n) is 0.429. The molecule has 10 heavy (non-hydrogen) atoms. The van der Waals surface area contributed by atoms with Gasteiger partial charge in [-0.1, -0.05) is 17.7 Å². The molecule has 0 heterocycles. The van der Waals surface area contributed by atoms with E-state index in [1.807, 2.05) is 0 Å². The topological polar surface area (TPSA) is 0 Å². The first-order chi connectivity index (χ1) is 4.59. The van der Waals surface area contributed by atoms with Crippen molar-refractivity contribution in [2.75, 3.05) is 0 Å². The molecule has 0 aromatic carbocycles. The smallest absolute Gasteiger partial charge is 0.0705 e. The third-order valence-corrected chi connectivity index (χ3v) is 2.74. The Morgan fingerprint density at radius 3 is 2.00 bits per heavy atom. The fourth-order valence-corrected chi connectivity index (χ4v) is 1.27. The predicted molar refractivity (Wildman–Crippen MR) is 49.6 cm³/mol. The lowest BCUT2D eigenvalue weighted by atomic mass is 10.2. The van der Waals surface area contributed by atoms with Crippen LogP contribution in [0.15, 0.2) is 11.6 Å². The van der Waals surface area contributed by atoms with Gasteiger partial charge in [-0.15, -0.1) is 34.8 Å². The van der Waals surface area contributed by atoms with Gasteiger partial charge in [0.25, 0.3) is 0 Å². The highest BCUT2D eigenvalue weighted by Gasteiger charge is 2.18. The molecule has 0 rings (SSSR count). The molecule has 0 radical (unpaired) electrons. The van der Waals surface area contributed by atoms with Gasteiger partial charge in [0.1, 0.15) is 0 Å². The van der Waals surface area contributed by atoms with Crippen molar-refractivity contribution in [3.05, 3.63) is 11.6 Å². The van der Waals surface area contributed by atoms with E-state index in [-0.39, 0.29) is 16.1 Å². The first-order valence-corrected chi connectivity index (χ1v) is 4.53. The van der Waals surface area contributed by atoms with Crippen LogP contribution in [-0.2, 0) is 0 Å². The van der Waals surface area contributed by atoms with Crippen molar-refractivity contribution in [1.82, 2.24) is 0 Å². The Bertz CT molecular complexity index is 110. The molecule has 3 atom stereocenters. The largest absolute Gasteiger partial charge is 0.122 e. The van der Waals surface area contributed by atoms with Crippen molar-refractivity contribution in [3.8, 4) is 0 Å². The predicted octanol–water partition coefficient (Wildman–Crippen LogP) is 3.58. The molecule has 60 valence electrons. The van der Waals surface area contributed by atoms with E-state index < -0.39 is 0 Å². The van der Waals surface area contributed by atoms with Crippen molar-refractivity contribution < 1.29 is 0 Å². The van der Waals surface area contributed by atoms with Crippen LogP contribution in [0.1, 0.15) is 6.92 Å². The number of allylic oxidation sites excluding steroid dienone is 1. The monoisotopic (exact) mass is 220 g/mol. The maximum Gasteiger partial charge on any atom is 0.0705 e. The van der Waals surface area contributed by atoms with Gasteiger partial charge < -0.3 is 0 Å². The zero-order valence-corrected chi connectivity index (χ0v) is 8.42. The minimum absolute atomic E-state index is 0.156. The Kier molecular flexibility index (Phi) is 6.04. The lowest BCUT2D eigenvalue weighted by molar-refractivity contribution is 0.840. The van der Waals surface area contributed by atoms with E-state index in [1.165, 1.54) is 5.54 Å². The fraction of sp³-hybridized carbons (Fsp3) is 0.667. The van der Waals surface area contributed by atoms with Crippen LogP contribution < -0.4 is 0 Å². The molecular weight excluding hydrogens is 214 g/mol. The van der Waals surface area contributed by atoms with Crippen LogP contribution >= 0.6 is 46.4 Å². The summed E-state index contributed by atoms with van der Waals surface area (Å²) >= 11 is 22.5. The lowest BCUT2D eigenvalue weighted by Crippen LogP contribution is -2.21. The quantitative estimate of drug-likeness (QED) is 0.640. The molecule has 0 aliphatic rings. The van der Waals surface area contributed by atoms with Crippen molar-refractivity contribution >= 4 is 46.4 Å². The van der Waals surface area contributed by atoms with Crippen molar-refractivity contribution in [2.45, 2.75) is 23.1 Å². The Hall–Kier alpha value is 0.900. The highest BCUT2D eigenvalue weighted by Crippen LogP contribution is 2.19. The molecule has 0 amide bonds. The molecule has 0 aliphatic carbocycles. The van der Waals surface area contributed by atoms with Gasteiger partial charge >= 0.3 is 0 Å². The summed E-state index contributed by atoms with van der Waals surface area (Å²) in [6.07, 6.45) is 1.60. The molecule has 0 nitrogen and oxygen atoms in total. The highest BCUT2D eigenvalue weighted by molar-refractivity contribution is 6.35. The van der Waals surface area contributed by atoms with Crippen LogP contribution in [0.5, 0.6) is 0 Å². The standard InChI is InChI=1S/C6H8Cl4/c1-4(8)6(10)5(9)2-3-7/h2-6H,1H3. The van der Waals surface area contributed by atoms with Gasteiger partial charge in [-0.2, -0.15) is 0 Å². The molecule has 3 unspecified atom stereocenters. The van der Waals surface area contributed by atoms with Crippen LogP contribution in [0.4, 0.5) is 0 Å². The normalized spacial score (nSPS) is 20.9. The molecular formula is C6H8Cl4. The number of hydrogen-bond acceptors (Lipinski definition) is 0. The maximum atomic E-state index is 5.77. The first-order valence-electron chi connectivity index (χ1n) is 2.78. The molecule has 0 spiro atoms. The van der Waals surface area contributed by atoms with E-state index in [4.69, 9.17) is 46.4 Å². The zero-order valence-electron chi connectivity index (χ0n) is 5.40. The lowest BCUT2D eigenvalue weighted by Gasteiger charge is -2.13. The molecule has 0 bridgehead atoms. The molecule has 0 aromatic rings. The Balaban J connectivity index is 3.81. The first kappa shape index (κ1) is 10.9. The minimum Gasteiger partial charge on any atom is -0.122 e. The van der Waals surface area contributed by atoms with Gasteiger partial charge in [-0.3, -0.25) is 0 Å². The minimum atomic E-state index is -0.299. The summed E-state index contributed by atoms with van der Waals surface area (Å²) in [6, 6.07) is 0. The Morgan fingerprint density at radius 2 is 1.70 bits per heavy atom. The number of alkyl halides is 3. The SMILES string of the molecule is CC(Cl)C(Cl)C(Cl)C=CCl. The summed E-state index contributed by atoms with van der Waals surface area (Å²) in [7, 11) is 0. The molecule has 0 aliphatic heterocycles. The van der Waals surface area contributed by atoms with Gasteiger partial charge in [0.15, 0.2) is 0 Å². The van der Waals surface area contributed by atoms with Gasteiger partial charge in [-0.25, -0.2) is 0 Å². The van der Waals surface area contributed by atoms with E-state index in [0.717, 1.165) is 0 Å². The number of halogens is 4. The van der Waals surface area contributed by atoms with E-state index in [9.17, 15) is 0 Å². The zero-order chi connectivity index (χ0) is 8.15. The van der Waals surface area contributed by atoms with E-state index in [2.05, 4.69) is 0 Å². The van der Waals surface area contributed by atoms with Crippen molar-refractivity contribution in [2.24, 2.45) is 0 Å². The van der Waals surface area contributed by atoms with Crippen LogP contribution in [0.25, 0.3) is 0 Å². The Morgan fingerprint density at radius 1 is 1.20 bits per heavy atom. The maximum absolute atomic E-state index is 5.77. The van der Waals surface area contributed by atoms with Crippen molar-refractivity contribution in [3.63, 3.8) is 0 Å². The summed E-state index contributed by atoms with van der Waals surface area (Å²) < 4.78 is 0. The molecule has 0 saturated carbocycles. The van der Waals surface area contributed by atoms with E-state index in [0.29, 0.717) is 0 Å². The van der Waals surface area contributed by atoms with Gasteiger partial charge in [0.05, 0.1) is 10.8 Å². The van der Waals surface area contributed by atoms with Crippen LogP contribution in [0.2, 0.25) is 0 Å². The molecule has 0 saturated heterocycles. The van der Waals surface area contributed by atoms with Crippen LogP contribution in [0, 0.1) is 0 Å². The molecule has 4 heteroatoms. The second-order valence-corrected chi connectivity index (χ2v) is 3.83. The van der Waals surface area contributed by atoms with E-state index in [1.54, 1.807) is 13.0 Å². The van der Waals surface area contributed by atoms with Gasteiger partial charge in [-0.05, 0) is 6.92 Å². The second kappa shape index (κ2) is 5.54. The Labute approximate surface area is 81.1 Å². The number of hydrogen-bond donors (Lipinski definition) is 0. The van der Waals surface area contributed by atoms with E-state index >= 15 is 0 Å². The van der Waals surface area contributed by atoms with Crippen molar-refractivity contribution in [1.29, 1.82) is 0 Å². The summed E-state index contributed by atoms with van der Waals surface area (Å²) in [4.78, 5) is 0. The average Bonchev–Trinajstić information content (AvgIpc) is 1.87. The molecule has 0 N–H and O–H groups in total. The molecule has 0 aromatic heterocycles. The third kappa shape index (κ3) is 3.92. The number of rotatable bonds is 3. The summed E-state index contributed by atoms with van der Waals surface area (Å²) in [5.41, 5.74) is 1.34. The summed E-state index contributed by atoms with van der Waals surface area (Å²) in [5, 5.41) is -0.734. The highest BCUT2D eigenvalue weighted by atomic mass is 35.5. The second-order valence-electron chi connectivity index (χ2n) is 1.88. The van der Waals surface area contributed by atoms with Crippen LogP contribution in [-0.4, -0.2) is 16.1 Å². The summed E-state index contributed by atoms with van der Waals surface area (Å²) in [5.74, 6) is 0. The average molecular weight is 222 g/mol. The summed E-state index contributed by atoms with van der Waals surface area (Å²) in [6.45, 7) is 1.79. The third-order valence-electron chi connectivity index (χ3n) is 1.000. The van der Waals surface area contributed by atoms with Crippen LogP contribution in [0.3, 0.4) is 0 Å².